The Morgan fingerprint density at radius 1 is 1.10 bits per heavy atom. The summed E-state index contributed by atoms with van der Waals surface area (Å²) in [6, 6.07) is 21.0. The van der Waals surface area contributed by atoms with E-state index in [0.29, 0.717) is 32.3 Å². The molecule has 0 bridgehead atoms. The minimum Gasteiger partial charge on any atom is -0.495 e. The van der Waals surface area contributed by atoms with Crippen LogP contribution in [0.25, 0.3) is 11.8 Å². The molecule has 4 aromatic rings. The number of carbonyl (C=O) groups is 1. The van der Waals surface area contributed by atoms with Crippen molar-refractivity contribution in [3.63, 3.8) is 0 Å². The van der Waals surface area contributed by atoms with E-state index in [9.17, 15) is 9.59 Å². The molecule has 1 aliphatic heterocycles. The third-order valence-corrected chi connectivity index (χ3v) is 9.23. The van der Waals surface area contributed by atoms with Crippen molar-refractivity contribution in [2.75, 3.05) is 13.7 Å². The van der Waals surface area contributed by atoms with Gasteiger partial charge in [-0.25, -0.2) is 9.79 Å². The Morgan fingerprint density at radius 3 is 2.44 bits per heavy atom. The molecule has 0 radical (unpaired) electrons. The summed E-state index contributed by atoms with van der Waals surface area (Å²) in [5, 5.41) is 0. The first-order valence-corrected chi connectivity index (χ1v) is 16.1. The van der Waals surface area contributed by atoms with Crippen LogP contribution in [0.5, 0.6) is 5.75 Å². The van der Waals surface area contributed by atoms with Gasteiger partial charge in [0.1, 0.15) is 5.75 Å². The minimum absolute atomic E-state index is 0.207. The van der Waals surface area contributed by atoms with Crippen molar-refractivity contribution in [2.24, 2.45) is 4.99 Å². The molecule has 5 rings (SSSR count). The number of hydrogen-bond acceptors (Lipinski definition) is 6. The van der Waals surface area contributed by atoms with Crippen LogP contribution in [0.3, 0.4) is 0 Å². The topological polar surface area (TPSA) is 69.9 Å². The van der Waals surface area contributed by atoms with Gasteiger partial charge in [0.15, 0.2) is 4.80 Å². The van der Waals surface area contributed by atoms with Gasteiger partial charge in [-0.2, -0.15) is 0 Å². The van der Waals surface area contributed by atoms with Crippen LogP contribution in [-0.2, 0) is 9.53 Å². The van der Waals surface area contributed by atoms with Crippen LogP contribution >= 0.6 is 56.5 Å². The largest absolute Gasteiger partial charge is 0.495 e. The predicted molar refractivity (Wildman–Crippen MR) is 180 cm³/mol. The maximum Gasteiger partial charge on any atom is 0.338 e. The molecule has 2 heterocycles. The molecule has 0 saturated carbocycles. The van der Waals surface area contributed by atoms with Gasteiger partial charge in [-0.05, 0) is 87.4 Å². The van der Waals surface area contributed by atoms with Gasteiger partial charge < -0.3 is 9.47 Å². The van der Waals surface area contributed by atoms with Crippen LogP contribution in [0.4, 0.5) is 0 Å². The Labute approximate surface area is 269 Å². The highest BCUT2D eigenvalue weighted by Gasteiger charge is 2.35. The zero-order valence-corrected chi connectivity index (χ0v) is 28.1. The van der Waals surface area contributed by atoms with Gasteiger partial charge in [0, 0.05) is 14.7 Å². The van der Waals surface area contributed by atoms with Crippen LogP contribution in [0.15, 0.2) is 82.1 Å². The summed E-state index contributed by atoms with van der Waals surface area (Å²) in [6.07, 6.45) is 1.85. The first-order chi connectivity index (χ1) is 19.7. The van der Waals surface area contributed by atoms with Crippen molar-refractivity contribution < 1.29 is 14.3 Å². The Balaban J connectivity index is 1.83. The Hall–Kier alpha value is -2.77. The first-order valence-electron chi connectivity index (χ1n) is 13.1. The predicted octanol–water partition coefficient (Wildman–Crippen LogP) is 6.28. The summed E-state index contributed by atoms with van der Waals surface area (Å²) >= 11 is 5.80. The van der Waals surface area contributed by atoms with Crippen molar-refractivity contribution in [1.29, 1.82) is 0 Å². The molecule has 210 valence electrons. The molecule has 0 spiro atoms. The van der Waals surface area contributed by atoms with Crippen molar-refractivity contribution in [3.05, 3.63) is 121 Å². The summed E-state index contributed by atoms with van der Waals surface area (Å²) < 4.78 is 15.4. The van der Waals surface area contributed by atoms with Crippen molar-refractivity contribution in [2.45, 2.75) is 32.7 Å². The lowest BCUT2D eigenvalue weighted by molar-refractivity contribution is -0.138. The molecular formula is C32H28I2N2O4S. The average Bonchev–Trinajstić information content (AvgIpc) is 3.26. The fraction of sp³-hybridized carbons (Fsp3) is 0.219. The molecule has 0 fully saturated rings. The van der Waals surface area contributed by atoms with Crippen molar-refractivity contribution >= 4 is 74.3 Å². The van der Waals surface area contributed by atoms with E-state index in [2.05, 4.69) is 71.2 Å². The second kappa shape index (κ2) is 12.6. The number of nitrogens with zero attached hydrogens (tertiary/aromatic N) is 2. The number of esters is 1. The van der Waals surface area contributed by atoms with Crippen LogP contribution in [0.2, 0.25) is 0 Å². The van der Waals surface area contributed by atoms with Gasteiger partial charge in [-0.3, -0.25) is 9.36 Å². The van der Waals surface area contributed by atoms with Crippen molar-refractivity contribution in [1.82, 2.24) is 4.57 Å². The second-order valence-electron chi connectivity index (χ2n) is 9.76. The zero-order chi connectivity index (χ0) is 29.3. The SMILES string of the molecule is CCOC(=O)C1=C(c2ccccc2)N=c2s/c(=C\c3cc(I)cc(I)c3OC)c(=O)n2[C@H]1c1ccc(C(C)C)cc1. The molecule has 0 N–H and O–H groups in total. The molecule has 1 atom stereocenters. The van der Waals surface area contributed by atoms with Crippen LogP contribution in [-0.4, -0.2) is 24.3 Å². The normalized spacial score (nSPS) is 15.1. The van der Waals surface area contributed by atoms with Crippen LogP contribution < -0.4 is 19.6 Å². The molecule has 0 unspecified atom stereocenters. The molecule has 0 saturated heterocycles. The minimum atomic E-state index is -0.707. The quantitative estimate of drug-likeness (QED) is 0.164. The lowest BCUT2D eigenvalue weighted by Crippen LogP contribution is -2.40. The van der Waals surface area contributed by atoms with Gasteiger partial charge >= 0.3 is 5.97 Å². The smallest absolute Gasteiger partial charge is 0.338 e. The molecular weight excluding hydrogens is 762 g/mol. The molecule has 3 aromatic carbocycles. The molecule has 9 heteroatoms. The van der Waals surface area contributed by atoms with Gasteiger partial charge in [-0.15, -0.1) is 0 Å². The molecule has 6 nitrogen and oxygen atoms in total. The summed E-state index contributed by atoms with van der Waals surface area (Å²) in [5.74, 6) is 0.559. The van der Waals surface area contributed by atoms with Crippen molar-refractivity contribution in [3.8, 4) is 5.75 Å². The molecule has 41 heavy (non-hydrogen) atoms. The second-order valence-corrected chi connectivity index (χ2v) is 13.2. The Morgan fingerprint density at radius 2 is 1.80 bits per heavy atom. The lowest BCUT2D eigenvalue weighted by atomic mass is 9.91. The number of ether oxygens (including phenoxy) is 2. The van der Waals surface area contributed by atoms with E-state index >= 15 is 0 Å². The fourth-order valence-corrected chi connectivity index (χ4v) is 7.96. The zero-order valence-electron chi connectivity index (χ0n) is 23.0. The number of carbonyl (C=O) groups excluding carboxylic acids is 1. The molecule has 1 aromatic heterocycles. The third kappa shape index (κ3) is 5.94. The molecule has 0 amide bonds. The highest BCUT2D eigenvalue weighted by Crippen LogP contribution is 2.36. The average molecular weight is 790 g/mol. The fourth-order valence-electron chi connectivity index (χ4n) is 4.86. The highest BCUT2D eigenvalue weighted by atomic mass is 127. The number of hydrogen-bond donors (Lipinski definition) is 0. The van der Waals surface area contributed by atoms with Crippen LogP contribution in [0.1, 0.15) is 55.0 Å². The summed E-state index contributed by atoms with van der Waals surface area (Å²) in [7, 11) is 1.63. The summed E-state index contributed by atoms with van der Waals surface area (Å²) in [6.45, 7) is 6.25. The summed E-state index contributed by atoms with van der Waals surface area (Å²) in [5.41, 5.74) is 4.20. The first kappa shape index (κ1) is 29.7. The Bertz CT molecular complexity index is 1820. The van der Waals surface area contributed by atoms with E-state index in [-0.39, 0.29) is 12.2 Å². The van der Waals surface area contributed by atoms with Gasteiger partial charge in [-0.1, -0.05) is 79.8 Å². The number of fused-ring (bicyclic) bond motifs is 1. The van der Waals surface area contributed by atoms with E-state index in [4.69, 9.17) is 14.5 Å². The van der Waals surface area contributed by atoms with E-state index in [1.807, 2.05) is 60.7 Å². The van der Waals surface area contributed by atoms with Gasteiger partial charge in [0.05, 0.1) is 39.1 Å². The van der Waals surface area contributed by atoms with Gasteiger partial charge in [0.25, 0.3) is 5.56 Å². The number of halogens is 2. The van der Waals surface area contributed by atoms with E-state index in [1.165, 1.54) is 16.9 Å². The standard InChI is InChI=1S/C32H28I2N2O4S/c1-5-40-31(38)26-27(20-9-7-6-8-10-20)35-32-36(28(26)21-13-11-19(12-14-21)18(2)3)30(37)25(41-32)16-22-15-23(33)17-24(34)29(22)39-4/h6-18,28H,5H2,1-4H3/b25-16-/t28-/m0/s1. The Kier molecular flexibility index (Phi) is 9.15. The maximum atomic E-state index is 14.2. The molecule has 0 aliphatic carbocycles. The van der Waals surface area contributed by atoms with E-state index in [1.54, 1.807) is 18.6 Å². The highest BCUT2D eigenvalue weighted by molar-refractivity contribution is 14.1. The number of benzene rings is 3. The summed E-state index contributed by atoms with van der Waals surface area (Å²) in [4.78, 5) is 33.3. The van der Waals surface area contributed by atoms with E-state index in [0.717, 1.165) is 23.8 Å². The number of thiazole rings is 1. The van der Waals surface area contributed by atoms with E-state index < -0.39 is 12.0 Å². The lowest BCUT2D eigenvalue weighted by Gasteiger charge is -2.26. The third-order valence-electron chi connectivity index (χ3n) is 6.82. The molecule has 1 aliphatic rings. The number of rotatable bonds is 7. The number of aromatic nitrogens is 1. The van der Waals surface area contributed by atoms with Crippen LogP contribution in [0, 0.1) is 7.14 Å². The monoisotopic (exact) mass is 790 g/mol. The van der Waals surface area contributed by atoms with Gasteiger partial charge in [0.2, 0.25) is 0 Å². The number of methoxy groups -OCH3 is 1. The maximum absolute atomic E-state index is 14.2.